The van der Waals surface area contributed by atoms with Gasteiger partial charge < -0.3 is 10.7 Å². The molecule has 3 aromatic rings. The Labute approximate surface area is 91.9 Å². The molecule has 3 heteroatoms. The minimum atomic E-state index is -0.405. The Hall–Kier alpha value is -2.29. The highest BCUT2D eigenvalue weighted by Crippen LogP contribution is 2.26. The number of carbonyl (C=O) groups is 1. The lowest BCUT2D eigenvalue weighted by molar-refractivity contribution is 0.100. The average Bonchev–Trinajstić information content (AvgIpc) is 2.67. The van der Waals surface area contributed by atoms with Gasteiger partial charge in [0, 0.05) is 16.3 Å². The lowest BCUT2D eigenvalue weighted by Gasteiger charge is -1.96. The molecule has 0 spiro atoms. The van der Waals surface area contributed by atoms with Gasteiger partial charge in [0.15, 0.2) is 0 Å². The third-order valence-electron chi connectivity index (χ3n) is 2.81. The van der Waals surface area contributed by atoms with Crippen LogP contribution in [-0.2, 0) is 0 Å². The fourth-order valence-corrected chi connectivity index (χ4v) is 2.08. The molecule has 0 radical (unpaired) electrons. The number of hydrogen-bond donors (Lipinski definition) is 2. The fraction of sp³-hybridized carbons (Fsp3) is 0. The Balaban J connectivity index is 2.54. The van der Waals surface area contributed by atoms with Gasteiger partial charge in [-0.25, -0.2) is 0 Å². The molecule has 0 saturated carbocycles. The van der Waals surface area contributed by atoms with Crippen LogP contribution in [-0.4, -0.2) is 10.9 Å². The summed E-state index contributed by atoms with van der Waals surface area (Å²) in [6, 6.07) is 13.5. The second-order valence-corrected chi connectivity index (χ2v) is 3.76. The smallest absolute Gasteiger partial charge is 0.250 e. The minimum absolute atomic E-state index is 0.405. The summed E-state index contributed by atoms with van der Waals surface area (Å²) in [4.78, 5) is 14.5. The Morgan fingerprint density at radius 2 is 1.75 bits per heavy atom. The van der Waals surface area contributed by atoms with Crippen LogP contribution >= 0.6 is 0 Å². The number of fused-ring (bicyclic) bond motifs is 3. The number of amides is 1. The number of benzene rings is 2. The molecule has 0 saturated heterocycles. The van der Waals surface area contributed by atoms with Crippen molar-refractivity contribution in [3.8, 4) is 0 Å². The summed E-state index contributed by atoms with van der Waals surface area (Å²) in [6.07, 6.45) is 0. The summed E-state index contributed by atoms with van der Waals surface area (Å²) < 4.78 is 0. The SMILES string of the molecule is NC(=O)c1cccc2c1[nH]c1ccccc12. The van der Waals surface area contributed by atoms with Crippen molar-refractivity contribution >= 4 is 27.7 Å². The van der Waals surface area contributed by atoms with Crippen molar-refractivity contribution in [1.29, 1.82) is 0 Å². The van der Waals surface area contributed by atoms with Gasteiger partial charge in [-0.2, -0.15) is 0 Å². The summed E-state index contributed by atoms with van der Waals surface area (Å²) in [5, 5.41) is 2.15. The number of H-pyrrole nitrogens is 1. The monoisotopic (exact) mass is 210 g/mol. The zero-order valence-corrected chi connectivity index (χ0v) is 8.53. The molecule has 0 unspecified atom stereocenters. The first-order valence-corrected chi connectivity index (χ1v) is 5.06. The van der Waals surface area contributed by atoms with Gasteiger partial charge in [0.05, 0.1) is 11.1 Å². The Morgan fingerprint density at radius 3 is 2.56 bits per heavy atom. The van der Waals surface area contributed by atoms with Crippen LogP contribution in [0.4, 0.5) is 0 Å². The molecule has 3 rings (SSSR count). The van der Waals surface area contributed by atoms with E-state index in [0.29, 0.717) is 5.56 Å². The van der Waals surface area contributed by atoms with E-state index >= 15 is 0 Å². The summed E-state index contributed by atoms with van der Waals surface area (Å²) in [5.41, 5.74) is 7.71. The van der Waals surface area contributed by atoms with Gasteiger partial charge in [-0.3, -0.25) is 4.79 Å². The molecule has 0 aliphatic heterocycles. The van der Waals surface area contributed by atoms with Gasteiger partial charge in [0.25, 0.3) is 5.91 Å². The molecule has 0 aliphatic carbocycles. The Kier molecular flexibility index (Phi) is 1.74. The minimum Gasteiger partial charge on any atom is -0.366 e. The number of rotatable bonds is 1. The number of aromatic nitrogens is 1. The molecular weight excluding hydrogens is 200 g/mol. The van der Waals surface area contributed by atoms with Gasteiger partial charge in [0.1, 0.15) is 0 Å². The average molecular weight is 210 g/mol. The van der Waals surface area contributed by atoms with E-state index < -0.39 is 5.91 Å². The Bertz CT molecular complexity index is 697. The highest BCUT2D eigenvalue weighted by Gasteiger charge is 2.10. The molecule has 3 N–H and O–H groups in total. The Morgan fingerprint density at radius 1 is 1.00 bits per heavy atom. The van der Waals surface area contributed by atoms with Crippen molar-refractivity contribution in [3.63, 3.8) is 0 Å². The highest BCUT2D eigenvalue weighted by molar-refractivity contribution is 6.14. The summed E-state index contributed by atoms with van der Waals surface area (Å²) in [5.74, 6) is -0.405. The molecule has 3 nitrogen and oxygen atoms in total. The van der Waals surface area contributed by atoms with Crippen LogP contribution in [0.15, 0.2) is 42.5 Å². The molecule has 0 fully saturated rings. The molecule has 1 amide bonds. The molecule has 0 atom stereocenters. The normalized spacial score (nSPS) is 11.0. The van der Waals surface area contributed by atoms with Crippen molar-refractivity contribution in [2.45, 2.75) is 0 Å². The zero-order valence-electron chi connectivity index (χ0n) is 8.53. The van der Waals surface area contributed by atoms with E-state index in [0.717, 1.165) is 21.8 Å². The predicted octanol–water partition coefficient (Wildman–Crippen LogP) is 2.42. The standard InChI is InChI=1S/C13H10N2O/c14-13(16)10-6-3-5-9-8-4-1-2-7-11(8)15-12(9)10/h1-7,15H,(H2,14,16). The van der Waals surface area contributed by atoms with Gasteiger partial charge >= 0.3 is 0 Å². The number of nitrogens with two attached hydrogens (primary N) is 1. The van der Waals surface area contributed by atoms with Crippen molar-refractivity contribution in [3.05, 3.63) is 48.0 Å². The van der Waals surface area contributed by atoms with Crippen molar-refractivity contribution in [1.82, 2.24) is 4.98 Å². The fourth-order valence-electron chi connectivity index (χ4n) is 2.08. The van der Waals surface area contributed by atoms with E-state index in [1.165, 1.54) is 0 Å². The maximum atomic E-state index is 11.3. The predicted molar refractivity (Wildman–Crippen MR) is 64.3 cm³/mol. The van der Waals surface area contributed by atoms with Crippen LogP contribution < -0.4 is 5.73 Å². The van der Waals surface area contributed by atoms with E-state index in [9.17, 15) is 4.79 Å². The molecule has 1 heterocycles. The van der Waals surface area contributed by atoms with E-state index in [2.05, 4.69) is 4.98 Å². The van der Waals surface area contributed by atoms with Crippen molar-refractivity contribution in [2.75, 3.05) is 0 Å². The van der Waals surface area contributed by atoms with Gasteiger partial charge in [-0.1, -0.05) is 30.3 Å². The molecular formula is C13H10N2O. The van der Waals surface area contributed by atoms with Crippen LogP contribution in [0, 0.1) is 0 Å². The second kappa shape index (κ2) is 3.10. The summed E-state index contributed by atoms with van der Waals surface area (Å²) in [7, 11) is 0. The van der Waals surface area contributed by atoms with Crippen LogP contribution in [0.25, 0.3) is 21.8 Å². The van der Waals surface area contributed by atoms with Crippen molar-refractivity contribution in [2.24, 2.45) is 5.73 Å². The molecule has 78 valence electrons. The first-order chi connectivity index (χ1) is 7.77. The number of primary amides is 1. The number of para-hydroxylation sites is 2. The van der Waals surface area contributed by atoms with Crippen LogP contribution in [0.2, 0.25) is 0 Å². The van der Waals surface area contributed by atoms with Gasteiger partial charge in [0.2, 0.25) is 0 Å². The largest absolute Gasteiger partial charge is 0.366 e. The van der Waals surface area contributed by atoms with E-state index in [1.54, 1.807) is 6.07 Å². The first-order valence-electron chi connectivity index (χ1n) is 5.06. The quantitative estimate of drug-likeness (QED) is 0.636. The van der Waals surface area contributed by atoms with Gasteiger partial charge in [-0.15, -0.1) is 0 Å². The maximum Gasteiger partial charge on any atom is 0.250 e. The van der Waals surface area contributed by atoms with Crippen molar-refractivity contribution < 1.29 is 4.79 Å². The lowest BCUT2D eigenvalue weighted by atomic mass is 10.1. The second-order valence-electron chi connectivity index (χ2n) is 3.76. The van der Waals surface area contributed by atoms with Crippen LogP contribution in [0.5, 0.6) is 0 Å². The van der Waals surface area contributed by atoms with Gasteiger partial charge in [-0.05, 0) is 12.1 Å². The number of aromatic amines is 1. The zero-order chi connectivity index (χ0) is 11.1. The maximum absolute atomic E-state index is 11.3. The third kappa shape index (κ3) is 1.11. The van der Waals surface area contributed by atoms with E-state index in [4.69, 9.17) is 5.73 Å². The highest BCUT2D eigenvalue weighted by atomic mass is 16.1. The van der Waals surface area contributed by atoms with Crippen LogP contribution in [0.3, 0.4) is 0 Å². The number of nitrogens with one attached hydrogen (secondary N) is 1. The third-order valence-corrected chi connectivity index (χ3v) is 2.81. The molecule has 16 heavy (non-hydrogen) atoms. The van der Waals surface area contributed by atoms with E-state index in [-0.39, 0.29) is 0 Å². The lowest BCUT2D eigenvalue weighted by Crippen LogP contribution is -2.11. The topological polar surface area (TPSA) is 58.9 Å². The number of hydrogen-bond acceptors (Lipinski definition) is 1. The first kappa shape index (κ1) is 8.97. The molecule has 0 aliphatic rings. The summed E-state index contributed by atoms with van der Waals surface area (Å²) >= 11 is 0. The summed E-state index contributed by atoms with van der Waals surface area (Å²) in [6.45, 7) is 0. The molecule has 0 bridgehead atoms. The molecule has 2 aromatic carbocycles. The molecule has 1 aromatic heterocycles. The van der Waals surface area contributed by atoms with E-state index in [1.807, 2.05) is 36.4 Å². The van der Waals surface area contributed by atoms with Crippen LogP contribution in [0.1, 0.15) is 10.4 Å². The number of carbonyl (C=O) groups excluding carboxylic acids is 1.